The van der Waals surface area contributed by atoms with Crippen molar-refractivity contribution in [2.75, 3.05) is 19.8 Å². The van der Waals surface area contributed by atoms with Gasteiger partial charge in [-0.3, -0.25) is 9.59 Å². The Bertz CT molecular complexity index is 2310. The molecule has 0 aromatic heterocycles. The van der Waals surface area contributed by atoms with Gasteiger partial charge in [-0.2, -0.15) is 0 Å². The minimum absolute atomic E-state index is 0.0115. The monoisotopic (exact) mass is 1190 g/mol. The number of aliphatic hydroxyl groups is 14. The first-order valence-electron chi connectivity index (χ1n) is 29.5. The molecular formula is C57H90O26. The number of ketones is 2. The van der Waals surface area contributed by atoms with E-state index in [4.69, 9.17) is 47.4 Å². The highest BCUT2D eigenvalue weighted by Gasteiger charge is 2.61. The number of carbonyl (C=O) groups excluding carboxylic acids is 2. The summed E-state index contributed by atoms with van der Waals surface area (Å²) in [5, 5.41) is 149. The van der Waals surface area contributed by atoms with Crippen LogP contribution in [-0.2, 0) is 57.0 Å². The molecule has 9 aliphatic rings. The molecule has 5 aliphatic heterocycles. The number of Topliss-reactive ketones (excluding diaryl/α,β-unsaturated/α-hetero) is 2. The Hall–Kier alpha value is -2.14. The van der Waals surface area contributed by atoms with Crippen molar-refractivity contribution in [3.8, 4) is 0 Å². The first-order valence-corrected chi connectivity index (χ1v) is 29.5. The highest BCUT2D eigenvalue weighted by atomic mass is 16.8. The average molecular weight is 1190 g/mol. The fraction of sp³-hybridized carbons (Fsp3) is 0.895. The van der Waals surface area contributed by atoms with Crippen molar-refractivity contribution in [1.82, 2.24) is 0 Å². The summed E-state index contributed by atoms with van der Waals surface area (Å²) >= 11 is 0. The van der Waals surface area contributed by atoms with E-state index in [-0.39, 0.29) is 53.7 Å². The summed E-state index contributed by atoms with van der Waals surface area (Å²) in [5.74, 6) is -0.0295. The zero-order valence-corrected chi connectivity index (χ0v) is 48.0. The Labute approximate surface area is 481 Å². The second-order valence-electron chi connectivity index (χ2n) is 25.5. The molecular weight excluding hydrogens is 1100 g/mol. The second-order valence-corrected chi connectivity index (χ2v) is 25.5. The molecule has 0 bridgehead atoms. The summed E-state index contributed by atoms with van der Waals surface area (Å²) in [6, 6.07) is 0. The van der Waals surface area contributed by atoms with Crippen LogP contribution in [0.25, 0.3) is 0 Å². The Morgan fingerprint density at radius 3 is 1.72 bits per heavy atom. The van der Waals surface area contributed by atoms with Crippen LogP contribution >= 0.6 is 0 Å². The van der Waals surface area contributed by atoms with Gasteiger partial charge in [0.15, 0.2) is 43.0 Å². The lowest BCUT2D eigenvalue weighted by molar-refractivity contribution is -0.394. The van der Waals surface area contributed by atoms with Crippen LogP contribution in [0.2, 0.25) is 0 Å². The lowest BCUT2D eigenvalue weighted by atomic mass is 9.47. The molecule has 0 aromatic rings. The number of aliphatic hydroxyl groups excluding tert-OH is 14. The lowest BCUT2D eigenvalue weighted by Gasteiger charge is -2.57. The van der Waals surface area contributed by atoms with Gasteiger partial charge in [-0.25, -0.2) is 0 Å². The minimum atomic E-state index is -1.90. The fourth-order valence-electron chi connectivity index (χ4n) is 14.9. The van der Waals surface area contributed by atoms with Crippen molar-refractivity contribution < 1.29 is 128 Å². The molecule has 4 aliphatic carbocycles. The number of hydrogen-bond donors (Lipinski definition) is 14. The van der Waals surface area contributed by atoms with E-state index in [0.29, 0.717) is 56.1 Å². The molecule has 14 N–H and O–H groups in total. The fourth-order valence-corrected chi connectivity index (χ4v) is 14.9. The van der Waals surface area contributed by atoms with Crippen molar-refractivity contribution in [1.29, 1.82) is 0 Å². The Morgan fingerprint density at radius 2 is 1.11 bits per heavy atom. The maximum absolute atomic E-state index is 14.1. The largest absolute Gasteiger partial charge is 0.394 e. The molecule has 0 amide bonds. The summed E-state index contributed by atoms with van der Waals surface area (Å²) in [5.41, 5.74) is 1.38. The topological polar surface area (TPSA) is 410 Å². The molecule has 8 fully saturated rings. The molecule has 0 radical (unpaired) electrons. The standard InChI is InChI=1S/C57H90O26/c1-21(20-74-51-43(69)41(67)38(64)33(18-58)79-51)8-11-31(60)22(2)35-32(61)17-30-28-10-9-26-16-27(12-14-56(26,6)29(28)13-15-57(30,35)7)78-55-50(83-53-45(71)40(66)37(63)24(4)76-53)47(73)49(34(19-59)80-55)82-54-46(72)42(68)48(25(5)77-54)81-52-44(70)39(65)36(62)23(3)75-52/h9,21,23-25,27-30,33-34,36-55,58-59,62-73H,8,10-20H2,1-7H3/b35-22+/t21?,23-,24-,25-,27-,28+,29-,30-,33+,34+,36-,37-,38+,39+,40+,41-,42-,43+,44+,45+,46+,47-,48-,49+,50+,51+,52-,53-,54-,55+,56-,57-/m0/s1. The van der Waals surface area contributed by atoms with E-state index < -0.39 is 178 Å². The van der Waals surface area contributed by atoms with Crippen LogP contribution in [-0.4, -0.2) is 263 Å². The van der Waals surface area contributed by atoms with Gasteiger partial charge in [-0.1, -0.05) is 32.4 Å². The van der Waals surface area contributed by atoms with Crippen molar-refractivity contribution in [2.45, 2.75) is 266 Å². The quantitative estimate of drug-likeness (QED) is 0.0509. The average Bonchev–Trinajstić information content (AvgIpc) is 2.72. The zero-order valence-electron chi connectivity index (χ0n) is 48.0. The number of ether oxygens (including phenoxy) is 10. The molecule has 3 saturated carbocycles. The van der Waals surface area contributed by atoms with E-state index in [2.05, 4.69) is 19.9 Å². The third-order valence-electron chi connectivity index (χ3n) is 20.1. The molecule has 5 heterocycles. The number of rotatable bonds is 17. The number of fused-ring (bicyclic) bond motifs is 5. The van der Waals surface area contributed by atoms with E-state index >= 15 is 0 Å². The van der Waals surface area contributed by atoms with Gasteiger partial charge in [0, 0.05) is 18.4 Å². The highest BCUT2D eigenvalue weighted by Crippen LogP contribution is 2.66. The third kappa shape index (κ3) is 12.5. The molecule has 5 saturated heterocycles. The van der Waals surface area contributed by atoms with Gasteiger partial charge in [0.1, 0.15) is 104 Å². The van der Waals surface area contributed by atoms with Crippen molar-refractivity contribution in [2.24, 2.45) is 34.5 Å². The zero-order chi connectivity index (χ0) is 60.5. The van der Waals surface area contributed by atoms with E-state index in [9.17, 15) is 81.1 Å². The Morgan fingerprint density at radius 1 is 0.578 bits per heavy atom. The molecule has 26 nitrogen and oxygen atoms in total. The Kier molecular flexibility index (Phi) is 20.6. The normalized spacial score (nSPS) is 51.3. The van der Waals surface area contributed by atoms with Crippen LogP contribution < -0.4 is 0 Å². The number of hydrogen-bond acceptors (Lipinski definition) is 26. The predicted octanol–water partition coefficient (Wildman–Crippen LogP) is -3.01. The maximum Gasteiger partial charge on any atom is 0.187 e. The molecule has 0 spiro atoms. The molecule has 83 heavy (non-hydrogen) atoms. The molecule has 1 unspecified atom stereocenters. The van der Waals surface area contributed by atoms with E-state index in [0.717, 1.165) is 12.0 Å². The van der Waals surface area contributed by atoms with Gasteiger partial charge in [0.2, 0.25) is 0 Å². The van der Waals surface area contributed by atoms with Gasteiger partial charge < -0.3 is 119 Å². The van der Waals surface area contributed by atoms with Crippen molar-refractivity contribution in [3.63, 3.8) is 0 Å². The summed E-state index contributed by atoms with van der Waals surface area (Å²) in [7, 11) is 0. The van der Waals surface area contributed by atoms with Crippen molar-refractivity contribution >= 4 is 11.6 Å². The van der Waals surface area contributed by atoms with E-state index in [1.807, 2.05) is 6.92 Å². The lowest BCUT2D eigenvalue weighted by Crippen LogP contribution is -2.67. The highest BCUT2D eigenvalue weighted by molar-refractivity contribution is 6.08. The van der Waals surface area contributed by atoms with Gasteiger partial charge >= 0.3 is 0 Å². The van der Waals surface area contributed by atoms with Gasteiger partial charge in [-0.05, 0) is 113 Å². The van der Waals surface area contributed by atoms with Gasteiger partial charge in [-0.15, -0.1) is 0 Å². The number of allylic oxidation sites excluding steroid dienone is 3. The van der Waals surface area contributed by atoms with Crippen molar-refractivity contribution in [3.05, 3.63) is 22.8 Å². The predicted molar refractivity (Wildman–Crippen MR) is 280 cm³/mol. The molecule has 9 rings (SSSR count). The Balaban J connectivity index is 0.858. The SMILES string of the molecule is C/C(C(=O)CCC(C)CO[C@@H]1O[C@H](CO)[C@@H](O)[C@H](O)[C@H]1O)=C1/C(=O)C[C@H]2[C@@H]3CC=C4C[C@@H](O[C@@H]5O[C@H](CO)[C@@H](O[C@@H]6O[C@@H](C)[C@H](O[C@@H]7O[C@@H](C)[C@H](O)[C@@H](O)[C@H]7O)[C@@H](O)[C@H]6O)[C@H](O)[C@H]5O[C@@H]5O[C@@H](C)[C@H](O)[C@@H](O)[C@H]5O)CC[C@]4(C)[C@H]3CC[C@]12C. The smallest absolute Gasteiger partial charge is 0.187 e. The van der Waals surface area contributed by atoms with E-state index in [1.165, 1.54) is 20.8 Å². The summed E-state index contributed by atoms with van der Waals surface area (Å²) in [6.07, 6.45) is -31.6. The van der Waals surface area contributed by atoms with Crippen LogP contribution in [0.3, 0.4) is 0 Å². The van der Waals surface area contributed by atoms with Crippen LogP contribution in [0, 0.1) is 34.5 Å². The summed E-state index contributed by atoms with van der Waals surface area (Å²) < 4.78 is 59.6. The van der Waals surface area contributed by atoms with Crippen LogP contribution in [0.15, 0.2) is 22.8 Å². The third-order valence-corrected chi connectivity index (χ3v) is 20.1. The summed E-state index contributed by atoms with van der Waals surface area (Å²) in [4.78, 5) is 28.0. The van der Waals surface area contributed by atoms with Crippen LogP contribution in [0.1, 0.15) is 106 Å². The molecule has 0 aromatic carbocycles. The molecule has 32 atom stereocenters. The van der Waals surface area contributed by atoms with Gasteiger partial charge in [0.05, 0.1) is 44.2 Å². The van der Waals surface area contributed by atoms with Crippen LogP contribution in [0.5, 0.6) is 0 Å². The van der Waals surface area contributed by atoms with Crippen LogP contribution in [0.4, 0.5) is 0 Å². The second kappa shape index (κ2) is 26.1. The van der Waals surface area contributed by atoms with E-state index in [1.54, 1.807) is 6.92 Å². The molecule has 474 valence electrons. The number of carbonyl (C=O) groups is 2. The molecule has 26 heteroatoms. The summed E-state index contributed by atoms with van der Waals surface area (Å²) in [6.45, 7) is 11.0. The van der Waals surface area contributed by atoms with Gasteiger partial charge in [0.25, 0.3) is 0 Å². The first kappa shape index (κ1) is 65.3. The minimum Gasteiger partial charge on any atom is -0.394 e. The first-order chi connectivity index (χ1) is 39.1. The maximum atomic E-state index is 14.1.